The van der Waals surface area contributed by atoms with Crippen LogP contribution in [0.25, 0.3) is 0 Å². The molecule has 0 unspecified atom stereocenters. The Kier molecular flexibility index (Phi) is 3.46. The highest BCUT2D eigenvalue weighted by atomic mass is 16.5. The molecule has 2 aromatic rings. The maximum Gasteiger partial charge on any atom is 0.233 e. The van der Waals surface area contributed by atoms with Gasteiger partial charge in [-0.15, -0.1) is 5.10 Å². The highest BCUT2D eigenvalue weighted by Crippen LogP contribution is 2.19. The quantitative estimate of drug-likeness (QED) is 0.831. The lowest BCUT2D eigenvalue weighted by atomic mass is 10.2. The number of ether oxygens (including phenoxy) is 1. The molecule has 5 nitrogen and oxygen atoms in total. The number of hydrogen-bond donors (Lipinski definition) is 2. The average Bonchev–Trinajstić information content (AvgIpc) is 3.17. The highest BCUT2D eigenvalue weighted by molar-refractivity contribution is 5.16. The van der Waals surface area contributed by atoms with E-state index in [2.05, 4.69) is 26.6 Å². The van der Waals surface area contributed by atoms with Gasteiger partial charge in [-0.1, -0.05) is 6.07 Å². The average molecular weight is 258 g/mol. The van der Waals surface area contributed by atoms with Gasteiger partial charge in [0.05, 0.1) is 5.69 Å². The van der Waals surface area contributed by atoms with Crippen LogP contribution in [0.1, 0.15) is 29.8 Å². The normalized spacial score (nSPS) is 14.6. The minimum absolute atomic E-state index is 0.445. The van der Waals surface area contributed by atoms with Gasteiger partial charge in [0, 0.05) is 30.5 Å². The Labute approximate surface area is 112 Å². The zero-order chi connectivity index (χ0) is 13.1. The zero-order valence-corrected chi connectivity index (χ0v) is 11.0. The first kappa shape index (κ1) is 12.2. The van der Waals surface area contributed by atoms with Crippen LogP contribution in [0.4, 0.5) is 0 Å². The van der Waals surface area contributed by atoms with Crippen LogP contribution in [-0.2, 0) is 13.2 Å². The van der Waals surface area contributed by atoms with Gasteiger partial charge >= 0.3 is 0 Å². The molecule has 0 spiro atoms. The fourth-order valence-electron chi connectivity index (χ4n) is 1.81. The second kappa shape index (κ2) is 5.40. The van der Waals surface area contributed by atoms with Crippen molar-refractivity contribution in [3.05, 3.63) is 41.3 Å². The van der Waals surface area contributed by atoms with Crippen LogP contribution < -0.4 is 10.1 Å². The van der Waals surface area contributed by atoms with Gasteiger partial charge in [-0.05, 0) is 31.4 Å². The lowest BCUT2D eigenvalue weighted by molar-refractivity contribution is 0.289. The van der Waals surface area contributed by atoms with Crippen molar-refractivity contribution in [3.8, 4) is 5.88 Å². The fraction of sp³-hybridized carbons (Fsp3) is 0.429. The Morgan fingerprint density at radius 3 is 2.95 bits per heavy atom. The molecule has 0 radical (unpaired) electrons. The van der Waals surface area contributed by atoms with E-state index in [9.17, 15) is 0 Å². The summed E-state index contributed by atoms with van der Waals surface area (Å²) >= 11 is 0. The number of hydrogen-bond acceptors (Lipinski definition) is 4. The largest absolute Gasteiger partial charge is 0.470 e. The molecule has 3 rings (SSSR count). The monoisotopic (exact) mass is 258 g/mol. The van der Waals surface area contributed by atoms with Crippen molar-refractivity contribution in [3.63, 3.8) is 0 Å². The van der Waals surface area contributed by atoms with Crippen molar-refractivity contribution in [2.45, 2.75) is 39.0 Å². The van der Waals surface area contributed by atoms with E-state index >= 15 is 0 Å². The van der Waals surface area contributed by atoms with Crippen molar-refractivity contribution in [2.24, 2.45) is 0 Å². The van der Waals surface area contributed by atoms with Gasteiger partial charge in [-0.25, -0.2) is 0 Å². The predicted octanol–water partition coefficient (Wildman–Crippen LogP) is 1.94. The molecule has 2 aromatic heterocycles. The first-order valence-electron chi connectivity index (χ1n) is 6.61. The number of aromatic amines is 1. The molecule has 0 amide bonds. The highest BCUT2D eigenvalue weighted by Gasteiger charge is 2.19. The molecule has 5 heteroatoms. The van der Waals surface area contributed by atoms with Crippen LogP contribution in [0, 0.1) is 6.92 Å². The van der Waals surface area contributed by atoms with E-state index in [0.717, 1.165) is 24.0 Å². The molecule has 1 fully saturated rings. The van der Waals surface area contributed by atoms with E-state index in [1.54, 1.807) is 0 Å². The van der Waals surface area contributed by atoms with Crippen molar-refractivity contribution in [1.29, 1.82) is 0 Å². The number of aryl methyl sites for hydroxylation is 1. The summed E-state index contributed by atoms with van der Waals surface area (Å²) in [5.74, 6) is 0.610. The summed E-state index contributed by atoms with van der Waals surface area (Å²) in [6.07, 6.45) is 4.52. The van der Waals surface area contributed by atoms with Crippen LogP contribution in [0.3, 0.4) is 0 Å². The van der Waals surface area contributed by atoms with Crippen LogP contribution in [0.5, 0.6) is 5.88 Å². The first-order valence-corrected chi connectivity index (χ1v) is 6.61. The zero-order valence-electron chi connectivity index (χ0n) is 11.0. The first-order chi connectivity index (χ1) is 9.29. The second-order valence-corrected chi connectivity index (χ2v) is 4.99. The Balaban J connectivity index is 1.50. The lowest BCUT2D eigenvalue weighted by Gasteiger charge is -2.05. The molecule has 0 aliphatic heterocycles. The van der Waals surface area contributed by atoms with E-state index in [1.165, 1.54) is 18.4 Å². The molecule has 2 N–H and O–H groups in total. The molecule has 1 aliphatic carbocycles. The van der Waals surface area contributed by atoms with Crippen molar-refractivity contribution in [1.82, 2.24) is 20.5 Å². The van der Waals surface area contributed by atoms with Crippen molar-refractivity contribution in [2.75, 3.05) is 0 Å². The Morgan fingerprint density at radius 2 is 2.32 bits per heavy atom. The van der Waals surface area contributed by atoms with Gasteiger partial charge in [0.1, 0.15) is 6.61 Å². The third-order valence-electron chi connectivity index (χ3n) is 3.11. The lowest BCUT2D eigenvalue weighted by Crippen LogP contribution is -2.15. The molecule has 19 heavy (non-hydrogen) atoms. The van der Waals surface area contributed by atoms with E-state index in [1.807, 2.05) is 25.3 Å². The molecule has 2 heterocycles. The Morgan fingerprint density at radius 1 is 1.42 bits per heavy atom. The smallest absolute Gasteiger partial charge is 0.233 e. The van der Waals surface area contributed by atoms with Gasteiger partial charge < -0.3 is 10.1 Å². The van der Waals surface area contributed by atoms with Crippen LogP contribution in [-0.4, -0.2) is 21.2 Å². The number of nitrogens with one attached hydrogen (secondary N) is 2. The summed E-state index contributed by atoms with van der Waals surface area (Å²) < 4.78 is 5.54. The molecule has 0 atom stereocenters. The topological polar surface area (TPSA) is 62.8 Å². The molecule has 100 valence electrons. The van der Waals surface area contributed by atoms with Gasteiger partial charge in [0.2, 0.25) is 5.88 Å². The van der Waals surface area contributed by atoms with Crippen molar-refractivity contribution < 1.29 is 4.74 Å². The third kappa shape index (κ3) is 3.54. The standard InChI is InChI=1S/C14H18N4O/c1-10-6-14(18-17-10)19-9-13-3-2-11(8-16-13)7-15-12-4-5-12/h2-3,6,8,12,15H,4-5,7,9H2,1H3,(H,17,18). The second-order valence-electron chi connectivity index (χ2n) is 4.99. The molecule has 1 saturated carbocycles. The SMILES string of the molecule is Cc1cc(OCc2ccc(CNC3CC3)cn2)n[nH]1. The van der Waals surface area contributed by atoms with Crippen LogP contribution >= 0.6 is 0 Å². The van der Waals surface area contributed by atoms with E-state index in [4.69, 9.17) is 4.74 Å². The molecular weight excluding hydrogens is 240 g/mol. The third-order valence-corrected chi connectivity index (χ3v) is 3.11. The summed E-state index contributed by atoms with van der Waals surface area (Å²) in [6.45, 7) is 3.29. The van der Waals surface area contributed by atoms with Gasteiger partial charge in [-0.3, -0.25) is 10.1 Å². The summed E-state index contributed by atoms with van der Waals surface area (Å²) in [7, 11) is 0. The summed E-state index contributed by atoms with van der Waals surface area (Å²) in [4.78, 5) is 4.40. The molecule has 0 bridgehead atoms. The minimum Gasteiger partial charge on any atom is -0.470 e. The van der Waals surface area contributed by atoms with E-state index < -0.39 is 0 Å². The number of pyridine rings is 1. The summed E-state index contributed by atoms with van der Waals surface area (Å²) in [6, 6.07) is 6.69. The molecular formula is C14H18N4O. The Bertz CT molecular complexity index is 531. The maximum absolute atomic E-state index is 5.54. The number of nitrogens with zero attached hydrogens (tertiary/aromatic N) is 2. The van der Waals surface area contributed by atoms with Crippen molar-refractivity contribution >= 4 is 0 Å². The van der Waals surface area contributed by atoms with E-state index in [-0.39, 0.29) is 0 Å². The van der Waals surface area contributed by atoms with Gasteiger partial charge in [-0.2, -0.15) is 0 Å². The van der Waals surface area contributed by atoms with E-state index in [0.29, 0.717) is 12.5 Å². The van der Waals surface area contributed by atoms with Crippen LogP contribution in [0.15, 0.2) is 24.4 Å². The molecule has 1 aliphatic rings. The number of aromatic nitrogens is 3. The molecule has 0 aromatic carbocycles. The maximum atomic E-state index is 5.54. The predicted molar refractivity (Wildman–Crippen MR) is 71.8 cm³/mol. The number of H-pyrrole nitrogens is 1. The number of rotatable bonds is 6. The summed E-state index contributed by atoms with van der Waals surface area (Å²) in [5, 5.41) is 10.3. The fourth-order valence-corrected chi connectivity index (χ4v) is 1.81. The Hall–Kier alpha value is -1.88. The van der Waals surface area contributed by atoms with Gasteiger partial charge in [0.15, 0.2) is 0 Å². The minimum atomic E-state index is 0.445. The summed E-state index contributed by atoms with van der Waals surface area (Å²) in [5.41, 5.74) is 3.12. The molecule has 0 saturated heterocycles. The van der Waals surface area contributed by atoms with Crippen LogP contribution in [0.2, 0.25) is 0 Å². The van der Waals surface area contributed by atoms with Gasteiger partial charge in [0.25, 0.3) is 0 Å².